The number of benzene rings is 2. The molecule has 3 rings (SSSR count). The molecule has 1 aliphatic heterocycles. The average molecular weight is 361 g/mol. The Kier molecular flexibility index (Phi) is 6.01. The van der Waals surface area contributed by atoms with E-state index < -0.39 is 0 Å². The molecule has 1 heterocycles. The number of amides is 1. The van der Waals surface area contributed by atoms with Crippen LogP contribution in [0.15, 0.2) is 42.5 Å². The highest BCUT2D eigenvalue weighted by Crippen LogP contribution is 2.37. The maximum atomic E-state index is 12.0. The van der Waals surface area contributed by atoms with Gasteiger partial charge in [-0.3, -0.25) is 4.79 Å². The quantitative estimate of drug-likeness (QED) is 0.830. The highest BCUT2D eigenvalue weighted by molar-refractivity contribution is 6.33. The first-order valence-electron chi connectivity index (χ1n) is 8.36. The summed E-state index contributed by atoms with van der Waals surface area (Å²) < 4.78 is 11.2. The smallest absolute Gasteiger partial charge is 0.239 e. The minimum absolute atomic E-state index is 0.0842. The van der Waals surface area contributed by atoms with Crippen LogP contribution in [0.25, 0.3) is 0 Å². The zero-order valence-electron chi connectivity index (χ0n) is 13.9. The molecule has 2 aromatic carbocycles. The Morgan fingerprint density at radius 3 is 2.56 bits per heavy atom. The molecule has 2 aromatic rings. The van der Waals surface area contributed by atoms with Gasteiger partial charge in [-0.15, -0.1) is 0 Å². The molecule has 1 aliphatic rings. The highest BCUT2D eigenvalue weighted by atomic mass is 35.5. The summed E-state index contributed by atoms with van der Waals surface area (Å²) in [5.41, 5.74) is 1.85. The molecule has 1 amide bonds. The van der Waals surface area contributed by atoms with Crippen molar-refractivity contribution in [2.45, 2.75) is 12.8 Å². The van der Waals surface area contributed by atoms with Crippen LogP contribution in [0.2, 0.25) is 5.02 Å². The zero-order chi connectivity index (χ0) is 17.5. The van der Waals surface area contributed by atoms with Gasteiger partial charge in [-0.2, -0.15) is 0 Å². The molecule has 0 bridgehead atoms. The van der Waals surface area contributed by atoms with Gasteiger partial charge < -0.3 is 20.1 Å². The van der Waals surface area contributed by atoms with Gasteiger partial charge >= 0.3 is 0 Å². The maximum absolute atomic E-state index is 12.0. The number of halogens is 1. The summed E-state index contributed by atoms with van der Waals surface area (Å²) >= 11 is 6.25. The van der Waals surface area contributed by atoms with E-state index >= 15 is 0 Å². The number of anilines is 1. The Labute approximate surface area is 152 Å². The van der Waals surface area contributed by atoms with E-state index in [9.17, 15) is 4.79 Å². The molecular formula is C19H21ClN2O3. The van der Waals surface area contributed by atoms with Gasteiger partial charge in [-0.25, -0.2) is 0 Å². The van der Waals surface area contributed by atoms with E-state index in [2.05, 4.69) is 10.6 Å². The van der Waals surface area contributed by atoms with Crippen molar-refractivity contribution in [2.75, 3.05) is 31.6 Å². The van der Waals surface area contributed by atoms with Crippen LogP contribution in [-0.4, -0.2) is 32.2 Å². The number of hydrogen-bond acceptors (Lipinski definition) is 4. The van der Waals surface area contributed by atoms with Gasteiger partial charge in [0.1, 0.15) is 0 Å². The number of rotatable bonds is 6. The van der Waals surface area contributed by atoms with Gasteiger partial charge in [0.15, 0.2) is 11.5 Å². The summed E-state index contributed by atoms with van der Waals surface area (Å²) in [7, 11) is 0. The van der Waals surface area contributed by atoms with Crippen LogP contribution in [0.1, 0.15) is 12.0 Å². The lowest BCUT2D eigenvalue weighted by molar-refractivity contribution is -0.119. The summed E-state index contributed by atoms with van der Waals surface area (Å²) in [6.07, 6.45) is 1.64. The molecule has 6 heteroatoms. The van der Waals surface area contributed by atoms with Crippen molar-refractivity contribution in [1.29, 1.82) is 0 Å². The first-order chi connectivity index (χ1) is 12.2. The van der Waals surface area contributed by atoms with Crippen LogP contribution in [0.5, 0.6) is 11.5 Å². The van der Waals surface area contributed by atoms with Crippen LogP contribution in [-0.2, 0) is 11.2 Å². The number of carbonyl (C=O) groups is 1. The normalized spacial score (nSPS) is 13.0. The molecule has 0 saturated heterocycles. The fourth-order valence-electron chi connectivity index (χ4n) is 2.55. The van der Waals surface area contributed by atoms with E-state index in [1.54, 1.807) is 12.1 Å². The van der Waals surface area contributed by atoms with Gasteiger partial charge in [0.25, 0.3) is 0 Å². The molecular weight excluding hydrogens is 340 g/mol. The summed E-state index contributed by atoms with van der Waals surface area (Å²) in [5.74, 6) is 1.20. The van der Waals surface area contributed by atoms with Crippen molar-refractivity contribution in [1.82, 2.24) is 5.32 Å². The van der Waals surface area contributed by atoms with Gasteiger partial charge in [-0.1, -0.05) is 41.9 Å². The van der Waals surface area contributed by atoms with Gasteiger partial charge in [0, 0.05) is 25.1 Å². The van der Waals surface area contributed by atoms with Crippen molar-refractivity contribution >= 4 is 23.2 Å². The molecule has 25 heavy (non-hydrogen) atoms. The van der Waals surface area contributed by atoms with Crippen LogP contribution >= 0.6 is 11.6 Å². The predicted molar refractivity (Wildman–Crippen MR) is 98.7 cm³/mol. The molecule has 0 unspecified atom stereocenters. The molecule has 2 N–H and O–H groups in total. The van der Waals surface area contributed by atoms with E-state index in [1.807, 2.05) is 30.3 Å². The second kappa shape index (κ2) is 8.62. The number of carbonyl (C=O) groups excluding carboxylic acids is 1. The molecule has 5 nitrogen and oxygen atoms in total. The monoisotopic (exact) mass is 360 g/mol. The Hall–Kier alpha value is -2.40. The fraction of sp³-hybridized carbons (Fsp3) is 0.316. The standard InChI is InChI=1S/C19H21ClN2O3/c20-15-11-17-18(25-10-4-9-24-17)12-16(15)22-13-19(23)21-8-7-14-5-2-1-3-6-14/h1-3,5-6,11-12,22H,4,7-10,13H2,(H,21,23). The molecule has 0 spiro atoms. The van der Waals surface area contributed by atoms with Crippen molar-refractivity contribution in [3.8, 4) is 11.5 Å². The first-order valence-corrected chi connectivity index (χ1v) is 8.74. The van der Waals surface area contributed by atoms with Crippen molar-refractivity contribution in [3.63, 3.8) is 0 Å². The van der Waals surface area contributed by atoms with E-state index in [0.717, 1.165) is 12.8 Å². The minimum Gasteiger partial charge on any atom is -0.490 e. The van der Waals surface area contributed by atoms with E-state index in [-0.39, 0.29) is 12.5 Å². The number of ether oxygens (including phenoxy) is 2. The number of fused-ring (bicyclic) bond motifs is 1. The van der Waals surface area contributed by atoms with Crippen molar-refractivity contribution < 1.29 is 14.3 Å². The molecule has 0 fully saturated rings. The fourth-order valence-corrected chi connectivity index (χ4v) is 2.77. The lowest BCUT2D eigenvalue weighted by atomic mass is 10.1. The SMILES string of the molecule is O=C(CNc1cc2c(cc1Cl)OCCCO2)NCCc1ccccc1. The summed E-state index contributed by atoms with van der Waals surface area (Å²) in [6, 6.07) is 13.5. The Morgan fingerprint density at radius 1 is 1.08 bits per heavy atom. The summed E-state index contributed by atoms with van der Waals surface area (Å²) in [4.78, 5) is 12.0. The molecule has 0 aromatic heterocycles. The van der Waals surface area contributed by atoms with E-state index in [4.69, 9.17) is 21.1 Å². The second-order valence-corrected chi connectivity index (χ2v) is 6.18. The number of nitrogens with one attached hydrogen (secondary N) is 2. The van der Waals surface area contributed by atoms with Crippen molar-refractivity contribution in [2.24, 2.45) is 0 Å². The topological polar surface area (TPSA) is 59.6 Å². The van der Waals surface area contributed by atoms with Crippen LogP contribution in [0, 0.1) is 0 Å². The third-order valence-electron chi connectivity index (χ3n) is 3.86. The van der Waals surface area contributed by atoms with E-state index in [0.29, 0.717) is 42.0 Å². The summed E-state index contributed by atoms with van der Waals surface area (Å²) in [6.45, 7) is 1.96. The Morgan fingerprint density at radius 2 is 1.80 bits per heavy atom. The minimum atomic E-state index is -0.0842. The van der Waals surface area contributed by atoms with Crippen LogP contribution < -0.4 is 20.1 Å². The lowest BCUT2D eigenvalue weighted by Crippen LogP contribution is -2.31. The molecule has 0 radical (unpaired) electrons. The zero-order valence-corrected chi connectivity index (χ0v) is 14.6. The average Bonchev–Trinajstić information content (AvgIpc) is 2.85. The lowest BCUT2D eigenvalue weighted by Gasteiger charge is -2.13. The van der Waals surface area contributed by atoms with Gasteiger partial charge in [0.2, 0.25) is 5.91 Å². The molecule has 132 valence electrons. The highest BCUT2D eigenvalue weighted by Gasteiger charge is 2.14. The first kappa shape index (κ1) is 17.4. The molecule has 0 atom stereocenters. The Balaban J connectivity index is 1.49. The Bertz CT molecular complexity index is 722. The maximum Gasteiger partial charge on any atom is 0.239 e. The largest absolute Gasteiger partial charge is 0.490 e. The molecule has 0 aliphatic carbocycles. The molecule has 0 saturated carbocycles. The van der Waals surface area contributed by atoms with Crippen LogP contribution in [0.3, 0.4) is 0 Å². The van der Waals surface area contributed by atoms with Gasteiger partial charge in [-0.05, 0) is 12.0 Å². The predicted octanol–water partition coefficient (Wildman–Crippen LogP) is 3.27. The second-order valence-electron chi connectivity index (χ2n) is 5.77. The van der Waals surface area contributed by atoms with Crippen molar-refractivity contribution in [3.05, 3.63) is 53.1 Å². The summed E-state index contributed by atoms with van der Waals surface area (Å²) in [5, 5.41) is 6.45. The number of hydrogen-bond donors (Lipinski definition) is 2. The van der Waals surface area contributed by atoms with Gasteiger partial charge in [0.05, 0.1) is 30.5 Å². The van der Waals surface area contributed by atoms with E-state index in [1.165, 1.54) is 5.56 Å². The third kappa shape index (κ3) is 5.03. The van der Waals surface area contributed by atoms with Crippen LogP contribution in [0.4, 0.5) is 5.69 Å². The third-order valence-corrected chi connectivity index (χ3v) is 4.17.